The lowest BCUT2D eigenvalue weighted by Gasteiger charge is -2.36. The number of aldehydes is 1. The highest BCUT2D eigenvalue weighted by Gasteiger charge is 2.33. The predicted octanol–water partition coefficient (Wildman–Crippen LogP) is 2.48. The molecule has 0 bridgehead atoms. The van der Waals surface area contributed by atoms with E-state index in [-0.39, 0.29) is 36.1 Å². The Morgan fingerprint density at radius 3 is 2.74 bits per heavy atom. The summed E-state index contributed by atoms with van der Waals surface area (Å²) in [5.74, 6) is 0.595. The molecule has 4 heterocycles. The quantitative estimate of drug-likeness (QED) is 0.488. The van der Waals surface area contributed by atoms with Crippen LogP contribution in [-0.2, 0) is 27.2 Å². The van der Waals surface area contributed by atoms with Gasteiger partial charge >= 0.3 is 6.03 Å². The summed E-state index contributed by atoms with van der Waals surface area (Å²) in [5, 5.41) is 15.6. The maximum absolute atomic E-state index is 13.3. The third-order valence-corrected chi connectivity index (χ3v) is 7.64. The highest BCUT2D eigenvalue weighted by molar-refractivity contribution is 6.02. The van der Waals surface area contributed by atoms with Crippen molar-refractivity contribution in [3.8, 4) is 6.07 Å². The van der Waals surface area contributed by atoms with Crippen LogP contribution in [0.1, 0.15) is 52.9 Å². The molecule has 0 unspecified atom stereocenters. The summed E-state index contributed by atoms with van der Waals surface area (Å²) in [5.41, 5.74) is 2.62. The molecule has 12 nitrogen and oxygen atoms in total. The molecule has 204 valence electrons. The summed E-state index contributed by atoms with van der Waals surface area (Å²) in [6.45, 7) is 1.22. The lowest BCUT2D eigenvalue weighted by molar-refractivity contribution is -0.136. The number of aromatic nitrogens is 2. The van der Waals surface area contributed by atoms with Crippen LogP contribution in [0.3, 0.4) is 0 Å². The molecule has 0 radical (unpaired) electrons. The molecule has 12 heteroatoms. The van der Waals surface area contributed by atoms with Crippen LogP contribution in [0.15, 0.2) is 18.3 Å². The maximum atomic E-state index is 13.3. The average Bonchev–Trinajstić information content (AvgIpc) is 3.29. The Morgan fingerprint density at radius 2 is 2.08 bits per heavy atom. The predicted molar refractivity (Wildman–Crippen MR) is 142 cm³/mol. The molecule has 1 saturated heterocycles. The smallest absolute Gasteiger partial charge is 0.328 e. The number of ether oxygens (including phenoxy) is 2. The van der Waals surface area contributed by atoms with Gasteiger partial charge in [0.25, 0.3) is 5.91 Å². The van der Waals surface area contributed by atoms with Gasteiger partial charge in [-0.2, -0.15) is 5.26 Å². The van der Waals surface area contributed by atoms with E-state index in [2.05, 4.69) is 26.7 Å². The Morgan fingerprint density at radius 1 is 1.23 bits per heavy atom. The number of aryl methyl sites for hydroxylation is 1. The lowest BCUT2D eigenvalue weighted by atomic mass is 9.88. The number of urea groups is 1. The highest BCUT2D eigenvalue weighted by Crippen LogP contribution is 2.31. The van der Waals surface area contributed by atoms with E-state index >= 15 is 0 Å². The third-order valence-electron chi connectivity index (χ3n) is 7.64. The van der Waals surface area contributed by atoms with E-state index < -0.39 is 12.1 Å². The number of nitrogens with one attached hydrogen (secondary N) is 2. The van der Waals surface area contributed by atoms with Gasteiger partial charge in [-0.25, -0.2) is 14.8 Å². The monoisotopic (exact) mass is 533 g/mol. The van der Waals surface area contributed by atoms with E-state index in [0.717, 1.165) is 18.4 Å². The van der Waals surface area contributed by atoms with Gasteiger partial charge in [-0.05, 0) is 37.3 Å². The molecule has 1 saturated carbocycles. The molecule has 2 aliphatic heterocycles. The molecule has 0 aromatic carbocycles. The summed E-state index contributed by atoms with van der Waals surface area (Å²) < 4.78 is 10.7. The number of hydrogen-bond acceptors (Lipinski definition) is 9. The van der Waals surface area contributed by atoms with Crippen molar-refractivity contribution in [1.82, 2.24) is 14.9 Å². The Labute approximate surface area is 226 Å². The summed E-state index contributed by atoms with van der Waals surface area (Å²) in [6.07, 6.45) is 5.56. The standard InChI is InChI=1S/C27H31N7O5/c1-38-22-6-5-19(22)30-20-11-24(29-13-18(20)12-28)32-27(37)34-8-3-4-16-10-17(21(15-35)31-25(16)34)14-33-9-7-23(39-2)26(33)36/h10-11,13,15,19,22-23H,3-9,14H2,1-2H3,(H2,29,30,32,37)/t19-,22+,23+/m1/s1. The third kappa shape index (κ3) is 5.28. The van der Waals surface area contributed by atoms with Crippen LogP contribution in [0.2, 0.25) is 0 Å². The Balaban J connectivity index is 1.34. The van der Waals surface area contributed by atoms with E-state index in [9.17, 15) is 19.6 Å². The van der Waals surface area contributed by atoms with Crippen LogP contribution in [0, 0.1) is 11.3 Å². The minimum absolute atomic E-state index is 0.0700. The Bertz CT molecular complexity index is 1320. The fraction of sp³-hybridized carbons (Fsp3) is 0.481. The van der Waals surface area contributed by atoms with Crippen LogP contribution >= 0.6 is 0 Å². The Kier molecular flexibility index (Phi) is 7.72. The van der Waals surface area contributed by atoms with Crippen molar-refractivity contribution in [1.29, 1.82) is 5.26 Å². The molecule has 3 atom stereocenters. The zero-order valence-corrected chi connectivity index (χ0v) is 22.0. The van der Waals surface area contributed by atoms with Gasteiger partial charge in [-0.1, -0.05) is 0 Å². The largest absolute Gasteiger partial charge is 0.379 e. The molecule has 0 spiro atoms. The molecule has 3 aliphatic rings. The summed E-state index contributed by atoms with van der Waals surface area (Å²) >= 11 is 0. The number of pyridine rings is 2. The fourth-order valence-corrected chi connectivity index (χ4v) is 5.30. The lowest BCUT2D eigenvalue weighted by Crippen LogP contribution is -2.44. The number of amides is 3. The topological polar surface area (TPSA) is 150 Å². The second-order valence-corrected chi connectivity index (χ2v) is 9.92. The molecule has 2 aromatic rings. The maximum Gasteiger partial charge on any atom is 0.328 e. The normalized spacial score (nSPS) is 22.1. The number of hydrogen-bond donors (Lipinski definition) is 2. The molecular weight excluding hydrogens is 502 g/mol. The number of nitrogens with zero attached hydrogens (tertiary/aromatic N) is 5. The Hall–Kier alpha value is -4.08. The van der Waals surface area contributed by atoms with Gasteiger partial charge < -0.3 is 19.7 Å². The molecular formula is C27H31N7O5. The minimum atomic E-state index is -0.462. The number of nitriles is 1. The minimum Gasteiger partial charge on any atom is -0.379 e. The van der Waals surface area contributed by atoms with Crippen LogP contribution in [0.4, 0.5) is 22.1 Å². The molecule has 2 fully saturated rings. The molecule has 2 N–H and O–H groups in total. The summed E-state index contributed by atoms with van der Waals surface area (Å²) in [6, 6.07) is 5.28. The van der Waals surface area contributed by atoms with Crippen molar-refractivity contribution in [2.24, 2.45) is 0 Å². The first kappa shape index (κ1) is 26.5. The second-order valence-electron chi connectivity index (χ2n) is 9.92. The van der Waals surface area contributed by atoms with Crippen molar-refractivity contribution in [3.05, 3.63) is 40.7 Å². The van der Waals surface area contributed by atoms with Gasteiger partial charge in [0.05, 0.1) is 23.4 Å². The number of methoxy groups -OCH3 is 2. The SMILES string of the molecule is CO[C@H]1CCN(Cc2cc3c(nc2C=O)N(C(=O)Nc2cc(N[C@@H]4CC[C@@H]4OC)c(C#N)cn2)CCC3)C1=O. The number of likely N-dealkylation sites (tertiary alicyclic amines) is 1. The number of carbonyl (C=O) groups excluding carboxylic acids is 3. The zero-order valence-electron chi connectivity index (χ0n) is 22.0. The van der Waals surface area contributed by atoms with Crippen molar-refractivity contribution in [3.63, 3.8) is 0 Å². The number of carbonyl (C=O) groups is 3. The number of rotatable bonds is 8. The average molecular weight is 534 g/mol. The molecule has 1 aliphatic carbocycles. The van der Waals surface area contributed by atoms with Crippen molar-refractivity contribution < 1.29 is 23.9 Å². The van der Waals surface area contributed by atoms with Crippen LogP contribution < -0.4 is 15.5 Å². The van der Waals surface area contributed by atoms with Crippen LogP contribution in [0.5, 0.6) is 0 Å². The van der Waals surface area contributed by atoms with Gasteiger partial charge in [0.1, 0.15) is 29.5 Å². The number of anilines is 3. The molecule has 39 heavy (non-hydrogen) atoms. The van der Waals surface area contributed by atoms with Crippen molar-refractivity contribution in [2.45, 2.75) is 56.9 Å². The number of fused-ring (bicyclic) bond motifs is 1. The van der Waals surface area contributed by atoms with E-state index in [0.29, 0.717) is 61.3 Å². The summed E-state index contributed by atoms with van der Waals surface area (Å²) in [4.78, 5) is 49.7. The van der Waals surface area contributed by atoms with E-state index in [1.807, 2.05) is 6.07 Å². The molecule has 2 aromatic heterocycles. The summed E-state index contributed by atoms with van der Waals surface area (Å²) in [7, 11) is 3.17. The first-order chi connectivity index (χ1) is 18.9. The van der Waals surface area contributed by atoms with Crippen LogP contribution in [0.25, 0.3) is 0 Å². The zero-order chi connectivity index (χ0) is 27.5. The van der Waals surface area contributed by atoms with Crippen LogP contribution in [-0.4, -0.2) is 78.7 Å². The molecule has 3 amide bonds. The van der Waals surface area contributed by atoms with Crippen molar-refractivity contribution in [2.75, 3.05) is 42.8 Å². The van der Waals surface area contributed by atoms with Gasteiger partial charge in [0.2, 0.25) is 0 Å². The van der Waals surface area contributed by atoms with Gasteiger partial charge in [-0.3, -0.25) is 19.8 Å². The second kappa shape index (κ2) is 11.3. The van der Waals surface area contributed by atoms with E-state index in [1.165, 1.54) is 18.2 Å². The highest BCUT2D eigenvalue weighted by atomic mass is 16.5. The van der Waals surface area contributed by atoms with Crippen molar-refractivity contribution >= 4 is 35.5 Å². The van der Waals surface area contributed by atoms with Gasteiger partial charge in [-0.15, -0.1) is 0 Å². The van der Waals surface area contributed by atoms with E-state index in [4.69, 9.17) is 9.47 Å². The first-order valence-electron chi connectivity index (χ1n) is 13.0. The fourth-order valence-electron chi connectivity index (χ4n) is 5.30. The van der Waals surface area contributed by atoms with E-state index in [1.54, 1.807) is 18.1 Å². The van der Waals surface area contributed by atoms with Gasteiger partial charge in [0, 0.05) is 58.1 Å². The first-order valence-corrected chi connectivity index (χ1v) is 13.0. The van der Waals surface area contributed by atoms with Gasteiger partial charge in [0.15, 0.2) is 6.29 Å². The molecule has 5 rings (SSSR count).